The summed E-state index contributed by atoms with van der Waals surface area (Å²) in [5.74, 6) is 1.70. The number of hydrogen-bond acceptors (Lipinski definition) is 6. The SMILES string of the molecule is CCn1cc(/C=C2/Oc3c(ccc4c3CN(C3CCS(=O)(=O)C3)CO4)C2=O)c2ccccc21. The van der Waals surface area contributed by atoms with Gasteiger partial charge in [0, 0.05) is 41.8 Å². The minimum atomic E-state index is -3.00. The number of allylic oxidation sites excluding steroid dienone is 1. The van der Waals surface area contributed by atoms with Crippen LogP contribution in [0, 0.1) is 0 Å². The third-order valence-corrected chi connectivity index (χ3v) is 8.57. The van der Waals surface area contributed by atoms with Gasteiger partial charge in [-0.15, -0.1) is 0 Å². The molecule has 3 aromatic rings. The van der Waals surface area contributed by atoms with Crippen LogP contribution in [0.15, 0.2) is 48.4 Å². The lowest BCUT2D eigenvalue weighted by molar-refractivity contribution is 0.0634. The summed E-state index contributed by atoms with van der Waals surface area (Å²) in [6, 6.07) is 11.6. The summed E-state index contributed by atoms with van der Waals surface area (Å²) in [4.78, 5) is 15.2. The predicted octanol–water partition coefficient (Wildman–Crippen LogP) is 3.62. The first-order valence-corrected chi connectivity index (χ1v) is 13.0. The summed E-state index contributed by atoms with van der Waals surface area (Å²) in [5, 5.41) is 1.07. The standard InChI is InChI=1S/C25H24N2O5S/c1-2-26-12-16(18-5-3-4-6-21(18)26)11-23-24(28)19-7-8-22-20(25(19)32-23)13-27(15-31-22)17-9-10-33(29,30)14-17/h3-8,11-12,17H,2,9-10,13-15H2,1H3/b23-11+. The van der Waals surface area contributed by atoms with Crippen molar-refractivity contribution in [3.05, 3.63) is 65.0 Å². The number of benzene rings is 2. The third-order valence-electron chi connectivity index (χ3n) is 6.82. The molecule has 6 rings (SSSR count). The second-order valence-corrected chi connectivity index (χ2v) is 11.1. The maximum Gasteiger partial charge on any atom is 0.231 e. The summed E-state index contributed by atoms with van der Waals surface area (Å²) in [6.07, 6.45) is 4.45. The van der Waals surface area contributed by atoms with Gasteiger partial charge in [0.25, 0.3) is 0 Å². The number of sulfone groups is 1. The van der Waals surface area contributed by atoms with E-state index >= 15 is 0 Å². The van der Waals surface area contributed by atoms with Gasteiger partial charge < -0.3 is 14.0 Å². The molecule has 2 aromatic carbocycles. The van der Waals surface area contributed by atoms with Crippen LogP contribution < -0.4 is 9.47 Å². The van der Waals surface area contributed by atoms with Gasteiger partial charge in [-0.1, -0.05) is 18.2 Å². The second-order valence-electron chi connectivity index (χ2n) is 8.82. The summed E-state index contributed by atoms with van der Waals surface area (Å²) < 4.78 is 38.1. The van der Waals surface area contributed by atoms with Crippen molar-refractivity contribution in [1.82, 2.24) is 9.47 Å². The number of aromatic nitrogens is 1. The fourth-order valence-electron chi connectivity index (χ4n) is 5.07. The molecule has 170 valence electrons. The lowest BCUT2D eigenvalue weighted by Crippen LogP contribution is -2.41. The molecule has 7 nitrogen and oxygen atoms in total. The molecule has 0 saturated carbocycles. The molecule has 3 aliphatic heterocycles. The van der Waals surface area contributed by atoms with Gasteiger partial charge in [-0.3, -0.25) is 9.69 Å². The Balaban J connectivity index is 1.35. The number of ether oxygens (including phenoxy) is 2. The van der Waals surface area contributed by atoms with E-state index in [0.717, 1.165) is 28.6 Å². The van der Waals surface area contributed by atoms with Crippen molar-refractivity contribution < 1.29 is 22.7 Å². The topological polar surface area (TPSA) is 77.8 Å². The van der Waals surface area contributed by atoms with Crippen LogP contribution in [0.5, 0.6) is 11.5 Å². The van der Waals surface area contributed by atoms with Gasteiger partial charge >= 0.3 is 0 Å². The number of fused-ring (bicyclic) bond motifs is 4. The van der Waals surface area contributed by atoms with Crippen LogP contribution in [-0.2, 0) is 22.9 Å². The molecular formula is C25H24N2O5S. The molecule has 8 heteroatoms. The molecule has 1 aromatic heterocycles. The average Bonchev–Trinajstić information content (AvgIpc) is 3.47. The number of aryl methyl sites for hydroxylation is 1. The van der Waals surface area contributed by atoms with Gasteiger partial charge in [0.15, 0.2) is 15.6 Å². The Labute approximate surface area is 192 Å². The van der Waals surface area contributed by atoms with Crippen LogP contribution in [0.3, 0.4) is 0 Å². The average molecular weight is 465 g/mol. The quantitative estimate of drug-likeness (QED) is 0.551. The molecule has 1 unspecified atom stereocenters. The summed E-state index contributed by atoms with van der Waals surface area (Å²) >= 11 is 0. The Morgan fingerprint density at radius 3 is 2.82 bits per heavy atom. The van der Waals surface area contributed by atoms with Crippen LogP contribution in [0.25, 0.3) is 17.0 Å². The van der Waals surface area contributed by atoms with Crippen LogP contribution in [0.1, 0.15) is 34.8 Å². The van der Waals surface area contributed by atoms with Crippen LogP contribution in [0.4, 0.5) is 0 Å². The number of carbonyl (C=O) groups excluding carboxylic acids is 1. The first-order chi connectivity index (χ1) is 15.9. The van der Waals surface area contributed by atoms with Crippen molar-refractivity contribution in [1.29, 1.82) is 0 Å². The second kappa shape index (κ2) is 7.46. The van der Waals surface area contributed by atoms with Crippen LogP contribution >= 0.6 is 0 Å². The molecule has 4 heterocycles. The van der Waals surface area contributed by atoms with Crippen molar-refractivity contribution in [3.8, 4) is 11.5 Å². The normalized spacial score (nSPS) is 22.9. The van der Waals surface area contributed by atoms with E-state index in [-0.39, 0.29) is 29.1 Å². The molecule has 0 spiro atoms. The van der Waals surface area contributed by atoms with Crippen molar-refractivity contribution in [2.45, 2.75) is 32.5 Å². The number of Topliss-reactive ketones (excluding diaryl/α,β-unsaturated/α-hetero) is 1. The first kappa shape index (κ1) is 20.5. The predicted molar refractivity (Wildman–Crippen MR) is 125 cm³/mol. The largest absolute Gasteiger partial charge is 0.478 e. The zero-order chi connectivity index (χ0) is 22.7. The fraction of sp³-hybridized carbons (Fsp3) is 0.320. The van der Waals surface area contributed by atoms with E-state index in [1.54, 1.807) is 6.07 Å². The number of nitrogens with zero attached hydrogens (tertiary/aromatic N) is 2. The van der Waals surface area contributed by atoms with Crippen LogP contribution in [0.2, 0.25) is 0 Å². The molecular weight excluding hydrogens is 440 g/mol. The summed E-state index contributed by atoms with van der Waals surface area (Å²) in [6.45, 7) is 3.74. The van der Waals surface area contributed by atoms with Crippen molar-refractivity contribution in [3.63, 3.8) is 0 Å². The molecule has 1 atom stereocenters. The molecule has 0 amide bonds. The van der Waals surface area contributed by atoms with Gasteiger partial charge in [-0.25, -0.2) is 8.42 Å². The highest BCUT2D eigenvalue weighted by atomic mass is 32.2. The van der Waals surface area contributed by atoms with Gasteiger partial charge in [0.2, 0.25) is 5.78 Å². The molecule has 0 radical (unpaired) electrons. The van der Waals surface area contributed by atoms with E-state index in [0.29, 0.717) is 36.8 Å². The van der Waals surface area contributed by atoms with Gasteiger partial charge in [-0.05, 0) is 37.6 Å². The fourth-order valence-corrected chi connectivity index (χ4v) is 6.83. The van der Waals surface area contributed by atoms with Gasteiger partial charge in [0.1, 0.15) is 18.2 Å². The van der Waals surface area contributed by atoms with Crippen molar-refractivity contribution in [2.24, 2.45) is 0 Å². The zero-order valence-electron chi connectivity index (χ0n) is 18.3. The summed E-state index contributed by atoms with van der Waals surface area (Å²) in [5.41, 5.74) is 3.37. The van der Waals surface area contributed by atoms with E-state index in [1.165, 1.54) is 0 Å². The Kier molecular flexibility index (Phi) is 4.64. The molecule has 0 aliphatic carbocycles. The highest BCUT2D eigenvalue weighted by Gasteiger charge is 2.38. The van der Waals surface area contributed by atoms with Crippen molar-refractivity contribution in [2.75, 3.05) is 18.2 Å². The highest BCUT2D eigenvalue weighted by Crippen LogP contribution is 2.43. The first-order valence-electron chi connectivity index (χ1n) is 11.2. The highest BCUT2D eigenvalue weighted by molar-refractivity contribution is 7.91. The van der Waals surface area contributed by atoms with Gasteiger partial charge in [0.05, 0.1) is 22.6 Å². The zero-order valence-corrected chi connectivity index (χ0v) is 19.1. The third kappa shape index (κ3) is 3.36. The van der Waals surface area contributed by atoms with E-state index in [4.69, 9.17) is 9.47 Å². The Morgan fingerprint density at radius 1 is 1.18 bits per heavy atom. The monoisotopic (exact) mass is 464 g/mol. The molecule has 0 bridgehead atoms. The number of carbonyl (C=O) groups is 1. The minimum absolute atomic E-state index is 0.0775. The maximum absolute atomic E-state index is 13.2. The molecule has 3 aliphatic rings. The Hall–Kier alpha value is -3.10. The van der Waals surface area contributed by atoms with E-state index < -0.39 is 9.84 Å². The number of ketones is 1. The molecule has 1 saturated heterocycles. The smallest absolute Gasteiger partial charge is 0.231 e. The van der Waals surface area contributed by atoms with E-state index in [2.05, 4.69) is 17.6 Å². The maximum atomic E-state index is 13.2. The summed E-state index contributed by atoms with van der Waals surface area (Å²) in [7, 11) is -3.00. The minimum Gasteiger partial charge on any atom is -0.478 e. The number of para-hydroxylation sites is 1. The van der Waals surface area contributed by atoms with Crippen molar-refractivity contribution >= 4 is 32.6 Å². The van der Waals surface area contributed by atoms with E-state index in [1.807, 2.05) is 41.4 Å². The van der Waals surface area contributed by atoms with E-state index in [9.17, 15) is 13.2 Å². The Morgan fingerprint density at radius 2 is 2.03 bits per heavy atom. The lowest BCUT2D eigenvalue weighted by Gasteiger charge is -2.33. The lowest BCUT2D eigenvalue weighted by atomic mass is 10.0. The van der Waals surface area contributed by atoms with Gasteiger partial charge in [-0.2, -0.15) is 0 Å². The number of hydrogen-bond donors (Lipinski definition) is 0. The Bertz CT molecular complexity index is 1440. The molecule has 1 fully saturated rings. The molecule has 0 N–H and O–H groups in total. The molecule has 33 heavy (non-hydrogen) atoms. The van der Waals surface area contributed by atoms with Crippen LogP contribution in [-0.4, -0.2) is 47.9 Å². The number of rotatable bonds is 3.